The summed E-state index contributed by atoms with van der Waals surface area (Å²) in [5.74, 6) is 0.548. The van der Waals surface area contributed by atoms with Gasteiger partial charge in [-0.25, -0.2) is 4.98 Å². The van der Waals surface area contributed by atoms with E-state index in [1.165, 1.54) is 0 Å². The SMILES string of the molecule is NC(=O)c1ccc(N[C@@H]2CCCC[C@@H]2N)nc1Nc1cccc(N2CN=CN2)c1. The van der Waals surface area contributed by atoms with Crippen molar-refractivity contribution >= 4 is 35.3 Å². The first kappa shape index (κ1) is 19.0. The van der Waals surface area contributed by atoms with Gasteiger partial charge in [0.25, 0.3) is 5.91 Å². The van der Waals surface area contributed by atoms with Gasteiger partial charge in [-0.2, -0.15) is 0 Å². The summed E-state index contributed by atoms with van der Waals surface area (Å²) in [5.41, 5.74) is 16.9. The average Bonchev–Trinajstić information content (AvgIpc) is 3.25. The van der Waals surface area contributed by atoms with Gasteiger partial charge in [-0.3, -0.25) is 20.2 Å². The second kappa shape index (κ2) is 8.36. The number of aromatic nitrogens is 1. The van der Waals surface area contributed by atoms with E-state index in [0.717, 1.165) is 37.1 Å². The van der Waals surface area contributed by atoms with Gasteiger partial charge in [-0.05, 0) is 43.2 Å². The van der Waals surface area contributed by atoms with Crippen molar-refractivity contribution in [1.82, 2.24) is 10.4 Å². The number of pyridine rings is 1. The number of carbonyl (C=O) groups excluding carboxylic acids is 1. The van der Waals surface area contributed by atoms with Gasteiger partial charge in [0, 0.05) is 17.8 Å². The summed E-state index contributed by atoms with van der Waals surface area (Å²) in [6.07, 6.45) is 5.97. The molecule has 1 amide bonds. The third-order valence-corrected chi connectivity index (χ3v) is 5.26. The molecule has 9 nitrogen and oxygen atoms in total. The summed E-state index contributed by atoms with van der Waals surface area (Å²) < 4.78 is 0. The van der Waals surface area contributed by atoms with E-state index in [-0.39, 0.29) is 12.1 Å². The van der Waals surface area contributed by atoms with Crippen LogP contribution in [0.4, 0.5) is 23.0 Å². The lowest BCUT2D eigenvalue weighted by molar-refractivity contribution is 0.100. The molecule has 7 N–H and O–H groups in total. The first-order valence-electron chi connectivity index (χ1n) is 9.82. The molecule has 0 bridgehead atoms. The van der Waals surface area contributed by atoms with Gasteiger partial charge >= 0.3 is 0 Å². The second-order valence-electron chi connectivity index (χ2n) is 7.34. The van der Waals surface area contributed by atoms with Crippen LogP contribution in [-0.4, -0.2) is 36.0 Å². The van der Waals surface area contributed by atoms with Crippen LogP contribution >= 0.6 is 0 Å². The Balaban J connectivity index is 1.56. The molecule has 2 atom stereocenters. The molecule has 1 aliphatic carbocycles. The Labute approximate surface area is 169 Å². The van der Waals surface area contributed by atoms with Crippen LogP contribution in [0.2, 0.25) is 0 Å². The zero-order valence-electron chi connectivity index (χ0n) is 16.1. The Morgan fingerprint density at radius 3 is 2.83 bits per heavy atom. The lowest BCUT2D eigenvalue weighted by Gasteiger charge is -2.29. The molecule has 2 aromatic rings. The molecule has 2 aliphatic rings. The van der Waals surface area contributed by atoms with Gasteiger partial charge in [0.2, 0.25) is 0 Å². The fourth-order valence-corrected chi connectivity index (χ4v) is 3.68. The second-order valence-corrected chi connectivity index (χ2v) is 7.34. The van der Waals surface area contributed by atoms with E-state index in [1.807, 2.05) is 29.3 Å². The highest BCUT2D eigenvalue weighted by Gasteiger charge is 2.22. The number of primary amides is 1. The number of hydrogen-bond acceptors (Lipinski definition) is 8. The Kier molecular flexibility index (Phi) is 5.48. The average molecular weight is 394 g/mol. The highest BCUT2D eigenvalue weighted by Crippen LogP contribution is 2.26. The number of nitrogens with two attached hydrogens (primary N) is 2. The van der Waals surface area contributed by atoms with Crippen LogP contribution in [0.1, 0.15) is 36.0 Å². The van der Waals surface area contributed by atoms with Gasteiger partial charge in [-0.15, -0.1) is 0 Å². The van der Waals surface area contributed by atoms with Crippen LogP contribution in [-0.2, 0) is 0 Å². The molecule has 1 aromatic heterocycles. The van der Waals surface area contributed by atoms with Crippen LogP contribution in [0.3, 0.4) is 0 Å². The van der Waals surface area contributed by atoms with Crippen molar-refractivity contribution in [2.75, 3.05) is 22.3 Å². The zero-order chi connectivity index (χ0) is 20.2. The third-order valence-electron chi connectivity index (χ3n) is 5.26. The lowest BCUT2D eigenvalue weighted by Crippen LogP contribution is -2.42. The van der Waals surface area contributed by atoms with Crippen LogP contribution in [0.15, 0.2) is 41.4 Å². The number of anilines is 4. The Morgan fingerprint density at radius 1 is 1.21 bits per heavy atom. The molecule has 1 aliphatic heterocycles. The molecule has 0 radical (unpaired) electrons. The van der Waals surface area contributed by atoms with Crippen LogP contribution in [0.5, 0.6) is 0 Å². The van der Waals surface area contributed by atoms with E-state index < -0.39 is 5.91 Å². The van der Waals surface area contributed by atoms with E-state index in [1.54, 1.807) is 18.5 Å². The van der Waals surface area contributed by atoms with Gasteiger partial charge in [-0.1, -0.05) is 18.9 Å². The molecular formula is C20H26N8O. The van der Waals surface area contributed by atoms with Crippen molar-refractivity contribution in [3.63, 3.8) is 0 Å². The minimum atomic E-state index is -0.535. The maximum atomic E-state index is 11.9. The number of nitrogens with one attached hydrogen (secondary N) is 3. The molecule has 0 spiro atoms. The fourth-order valence-electron chi connectivity index (χ4n) is 3.68. The molecule has 9 heteroatoms. The summed E-state index contributed by atoms with van der Waals surface area (Å²) in [5, 5.41) is 8.54. The molecule has 2 heterocycles. The topological polar surface area (TPSA) is 134 Å². The van der Waals surface area contributed by atoms with E-state index in [0.29, 0.717) is 23.9 Å². The van der Waals surface area contributed by atoms with Crippen molar-refractivity contribution in [3.8, 4) is 0 Å². The van der Waals surface area contributed by atoms with Crippen molar-refractivity contribution in [2.45, 2.75) is 37.8 Å². The standard InChI is InChI=1S/C20H26N8O/c21-16-6-1-2-7-17(16)26-18-9-8-15(19(22)29)20(27-18)25-13-4-3-5-14(10-13)28-12-23-11-24-28/h3-5,8-11,16-17H,1-2,6-7,12,21H2,(H2,22,29)(H,23,24)(H2,25,26,27)/t16-,17+/m0/s1. The quantitative estimate of drug-likeness (QED) is 0.505. The number of rotatable bonds is 6. The molecule has 1 saturated carbocycles. The Hall–Kier alpha value is -3.33. The molecular weight excluding hydrogens is 368 g/mol. The van der Waals surface area contributed by atoms with Gasteiger partial charge in [0.15, 0.2) is 0 Å². The minimum Gasteiger partial charge on any atom is -0.366 e. The maximum Gasteiger partial charge on any atom is 0.252 e. The molecule has 152 valence electrons. The normalized spacial score (nSPS) is 20.9. The minimum absolute atomic E-state index is 0.102. The van der Waals surface area contributed by atoms with Crippen molar-refractivity contribution < 1.29 is 4.79 Å². The summed E-state index contributed by atoms with van der Waals surface area (Å²) >= 11 is 0. The molecule has 29 heavy (non-hydrogen) atoms. The Bertz CT molecular complexity index is 907. The fraction of sp³-hybridized carbons (Fsp3) is 0.350. The van der Waals surface area contributed by atoms with Crippen molar-refractivity contribution in [1.29, 1.82) is 0 Å². The predicted octanol–water partition coefficient (Wildman–Crippen LogP) is 1.92. The third kappa shape index (κ3) is 4.40. The predicted molar refractivity (Wildman–Crippen MR) is 115 cm³/mol. The van der Waals surface area contributed by atoms with Gasteiger partial charge in [0.05, 0.1) is 11.3 Å². The lowest BCUT2D eigenvalue weighted by atomic mass is 9.91. The number of nitrogens with zero attached hydrogens (tertiary/aromatic N) is 3. The smallest absolute Gasteiger partial charge is 0.252 e. The first-order chi connectivity index (χ1) is 14.1. The number of hydrogen-bond donors (Lipinski definition) is 5. The number of amides is 1. The summed E-state index contributed by atoms with van der Waals surface area (Å²) in [6, 6.07) is 11.5. The molecule has 1 aromatic carbocycles. The molecule has 1 fully saturated rings. The van der Waals surface area contributed by atoms with Crippen LogP contribution < -0.4 is 32.5 Å². The van der Waals surface area contributed by atoms with Crippen LogP contribution in [0.25, 0.3) is 0 Å². The summed E-state index contributed by atoms with van der Waals surface area (Å²) in [6.45, 7) is 0.537. The molecule has 4 rings (SSSR count). The highest BCUT2D eigenvalue weighted by molar-refractivity contribution is 5.98. The van der Waals surface area contributed by atoms with Crippen LogP contribution in [0, 0.1) is 0 Å². The Morgan fingerprint density at radius 2 is 2.07 bits per heavy atom. The number of carbonyl (C=O) groups is 1. The number of aliphatic imine (C=N–C) groups is 1. The van der Waals surface area contributed by atoms with E-state index >= 15 is 0 Å². The largest absolute Gasteiger partial charge is 0.366 e. The maximum absolute atomic E-state index is 11.9. The monoisotopic (exact) mass is 394 g/mol. The van der Waals surface area contributed by atoms with E-state index in [2.05, 4.69) is 26.0 Å². The highest BCUT2D eigenvalue weighted by atomic mass is 16.1. The number of hydrazine groups is 1. The van der Waals surface area contributed by atoms with Gasteiger partial charge in [0.1, 0.15) is 24.6 Å². The van der Waals surface area contributed by atoms with Crippen molar-refractivity contribution in [3.05, 3.63) is 42.0 Å². The number of benzene rings is 1. The van der Waals surface area contributed by atoms with E-state index in [4.69, 9.17) is 11.5 Å². The molecule has 0 saturated heterocycles. The summed E-state index contributed by atoms with van der Waals surface area (Å²) in [7, 11) is 0. The zero-order valence-corrected chi connectivity index (χ0v) is 16.1. The molecule has 0 unspecified atom stereocenters. The summed E-state index contributed by atoms with van der Waals surface area (Å²) in [4.78, 5) is 20.7. The first-order valence-corrected chi connectivity index (χ1v) is 9.82. The van der Waals surface area contributed by atoms with Crippen molar-refractivity contribution in [2.24, 2.45) is 16.5 Å². The van der Waals surface area contributed by atoms with E-state index in [9.17, 15) is 4.79 Å². The van der Waals surface area contributed by atoms with Gasteiger partial charge < -0.3 is 22.1 Å².